The molecular formula is C34H32Br2. The van der Waals surface area contributed by atoms with Crippen LogP contribution in [0.1, 0.15) is 110 Å². The van der Waals surface area contributed by atoms with Gasteiger partial charge in [-0.15, -0.1) is 0 Å². The second-order valence-electron chi connectivity index (χ2n) is 15.0. The summed E-state index contributed by atoms with van der Waals surface area (Å²) in [6.45, 7) is 0. The fraction of sp³-hybridized carbons (Fsp3) is 0.588. The van der Waals surface area contributed by atoms with Crippen LogP contribution in [-0.2, 0) is 0 Å². The molecule has 182 valence electrons. The highest BCUT2D eigenvalue weighted by Gasteiger charge is 2.66. The molecule has 0 heterocycles. The van der Waals surface area contributed by atoms with Crippen LogP contribution in [0.2, 0.25) is 0 Å². The average molecular weight is 600 g/mol. The van der Waals surface area contributed by atoms with Crippen LogP contribution in [0.25, 0.3) is 21.5 Å². The van der Waals surface area contributed by atoms with Gasteiger partial charge in [0.25, 0.3) is 0 Å². The lowest BCUT2D eigenvalue weighted by Gasteiger charge is -2.48. The van der Waals surface area contributed by atoms with Crippen molar-refractivity contribution in [1.82, 2.24) is 0 Å². The predicted molar refractivity (Wildman–Crippen MR) is 153 cm³/mol. The van der Waals surface area contributed by atoms with Gasteiger partial charge in [0.05, 0.1) is 0 Å². The quantitative estimate of drug-likeness (QED) is 0.225. The van der Waals surface area contributed by atoms with Crippen molar-refractivity contribution in [2.45, 2.75) is 87.9 Å². The molecular weight excluding hydrogens is 568 g/mol. The number of hydrogen-bond donors (Lipinski definition) is 0. The highest BCUT2D eigenvalue weighted by molar-refractivity contribution is 9.11. The summed E-state index contributed by atoms with van der Waals surface area (Å²) in [5, 5.41) is 5.83. The minimum absolute atomic E-state index is 0.732. The van der Waals surface area contributed by atoms with Gasteiger partial charge in [-0.1, -0.05) is 0 Å². The van der Waals surface area contributed by atoms with Crippen molar-refractivity contribution >= 4 is 53.4 Å². The molecule has 3 aromatic rings. The maximum atomic E-state index is 4.21. The van der Waals surface area contributed by atoms with Gasteiger partial charge in [-0.05, 0) is 222 Å². The molecule has 0 radical (unpaired) electrons. The smallest absolute Gasteiger partial charge is 0.0333 e. The molecule has 6 bridgehead atoms. The van der Waals surface area contributed by atoms with E-state index in [1.165, 1.54) is 94.7 Å². The SMILES string of the molecule is Brc1c2cc3c(cc2c(Br)c2cc4c(cc12)C1CC2CC5CC4CC25C1)C1CC2CC4CC3CC42C1. The van der Waals surface area contributed by atoms with E-state index in [4.69, 9.17) is 0 Å². The summed E-state index contributed by atoms with van der Waals surface area (Å²) in [5.74, 6) is 7.42. The summed E-state index contributed by atoms with van der Waals surface area (Å²) < 4.78 is 2.72. The van der Waals surface area contributed by atoms with Crippen molar-refractivity contribution in [2.75, 3.05) is 0 Å². The molecule has 8 atom stereocenters. The van der Waals surface area contributed by atoms with E-state index in [1.54, 1.807) is 22.3 Å². The highest BCUT2D eigenvalue weighted by atomic mass is 79.9. The van der Waals surface area contributed by atoms with Gasteiger partial charge in [0, 0.05) is 8.95 Å². The molecule has 8 aliphatic rings. The second-order valence-corrected chi connectivity index (χ2v) is 16.5. The fourth-order valence-corrected chi connectivity index (χ4v) is 14.3. The standard InChI is InChI=1S/C34H32Br2/c35-31-27-7-23-15-1-19-5-20-2-16(12-33(19,20)11-15)24(23)8-28(27)32(36)30-10-26-18-4-22-6-21-3-17(13-34(21,22)14-18)25(26)9-29(30)31/h7-10,15-22H,1-6,11-14H2. The number of halogens is 2. The topological polar surface area (TPSA) is 0 Å². The molecule has 0 nitrogen and oxygen atoms in total. The lowest BCUT2D eigenvalue weighted by atomic mass is 9.56. The Balaban J connectivity index is 1.17. The lowest BCUT2D eigenvalue weighted by Crippen LogP contribution is -2.41. The Morgan fingerprint density at radius 3 is 1.00 bits per heavy atom. The van der Waals surface area contributed by atoms with Gasteiger partial charge in [0.2, 0.25) is 0 Å². The van der Waals surface area contributed by atoms with Crippen molar-refractivity contribution < 1.29 is 0 Å². The number of fused-ring (bicyclic) bond motifs is 12. The molecule has 0 N–H and O–H groups in total. The average Bonchev–Trinajstić information content (AvgIpc) is 3.50. The third-order valence-electron chi connectivity index (χ3n) is 14.3. The first-order chi connectivity index (χ1) is 17.5. The molecule has 8 aliphatic carbocycles. The largest absolute Gasteiger partial charge is 0.0495 e. The summed E-state index contributed by atoms with van der Waals surface area (Å²) in [6.07, 6.45) is 14.9. The Hall–Kier alpha value is -0.860. The Labute approximate surface area is 230 Å². The molecule has 0 amide bonds. The van der Waals surface area contributed by atoms with E-state index < -0.39 is 0 Å². The molecule has 2 spiro atoms. The van der Waals surface area contributed by atoms with E-state index in [9.17, 15) is 0 Å². The van der Waals surface area contributed by atoms with Crippen LogP contribution in [0, 0.1) is 34.5 Å². The van der Waals surface area contributed by atoms with E-state index in [1.807, 2.05) is 0 Å². The van der Waals surface area contributed by atoms with Crippen LogP contribution in [-0.4, -0.2) is 0 Å². The summed E-state index contributed by atoms with van der Waals surface area (Å²) in [6, 6.07) is 10.6. The molecule has 2 heteroatoms. The Morgan fingerprint density at radius 2 is 0.722 bits per heavy atom. The van der Waals surface area contributed by atoms with E-state index in [-0.39, 0.29) is 0 Å². The van der Waals surface area contributed by atoms with Crippen LogP contribution >= 0.6 is 31.9 Å². The van der Waals surface area contributed by atoms with Crippen LogP contribution in [0.5, 0.6) is 0 Å². The third kappa shape index (κ3) is 1.99. The molecule has 6 fully saturated rings. The second kappa shape index (κ2) is 5.99. The monoisotopic (exact) mass is 598 g/mol. The van der Waals surface area contributed by atoms with E-state index in [0.717, 1.165) is 58.2 Å². The van der Waals surface area contributed by atoms with Gasteiger partial charge in [-0.25, -0.2) is 0 Å². The highest BCUT2D eigenvalue weighted by Crippen LogP contribution is 2.77. The first kappa shape index (κ1) is 20.1. The Bertz CT molecular complexity index is 1370. The van der Waals surface area contributed by atoms with Gasteiger partial charge >= 0.3 is 0 Å². The molecule has 0 aliphatic heterocycles. The number of benzene rings is 3. The first-order valence-electron chi connectivity index (χ1n) is 14.9. The van der Waals surface area contributed by atoms with Crippen LogP contribution in [0.4, 0.5) is 0 Å². The summed E-state index contributed by atoms with van der Waals surface area (Å²) in [5.41, 5.74) is 8.39. The number of hydrogen-bond acceptors (Lipinski definition) is 0. The maximum Gasteiger partial charge on any atom is 0.0333 e. The van der Waals surface area contributed by atoms with Crippen LogP contribution in [0.3, 0.4) is 0 Å². The molecule has 36 heavy (non-hydrogen) atoms. The van der Waals surface area contributed by atoms with Crippen molar-refractivity contribution in [3.05, 3.63) is 55.5 Å². The fourth-order valence-electron chi connectivity index (χ4n) is 13.0. The lowest BCUT2D eigenvalue weighted by molar-refractivity contribution is 0.00321. The summed E-state index contributed by atoms with van der Waals surface area (Å²) >= 11 is 8.43. The summed E-state index contributed by atoms with van der Waals surface area (Å²) in [7, 11) is 0. The van der Waals surface area contributed by atoms with E-state index in [0.29, 0.717) is 0 Å². The molecule has 0 saturated heterocycles. The number of rotatable bonds is 0. The summed E-state index contributed by atoms with van der Waals surface area (Å²) in [4.78, 5) is 0. The van der Waals surface area contributed by atoms with E-state index >= 15 is 0 Å². The van der Waals surface area contributed by atoms with Crippen LogP contribution in [0.15, 0.2) is 33.2 Å². The van der Waals surface area contributed by atoms with Crippen molar-refractivity contribution in [1.29, 1.82) is 0 Å². The zero-order valence-corrected chi connectivity index (χ0v) is 23.9. The molecule has 8 unspecified atom stereocenters. The first-order valence-corrected chi connectivity index (χ1v) is 16.5. The predicted octanol–water partition coefficient (Wildman–Crippen LogP) is 10.3. The van der Waals surface area contributed by atoms with Crippen molar-refractivity contribution in [2.24, 2.45) is 34.5 Å². The van der Waals surface area contributed by atoms with Gasteiger partial charge in [0.1, 0.15) is 0 Å². The maximum absolute atomic E-state index is 4.21. The molecule has 11 rings (SSSR count). The zero-order valence-electron chi connectivity index (χ0n) is 20.8. The van der Waals surface area contributed by atoms with Crippen molar-refractivity contribution in [3.63, 3.8) is 0 Å². The molecule has 0 aromatic heterocycles. The Kier molecular flexibility index (Phi) is 3.34. The van der Waals surface area contributed by atoms with Crippen molar-refractivity contribution in [3.8, 4) is 0 Å². The van der Waals surface area contributed by atoms with Gasteiger partial charge < -0.3 is 0 Å². The minimum Gasteiger partial charge on any atom is -0.0495 e. The normalized spacial score (nSPS) is 47.4. The van der Waals surface area contributed by atoms with Crippen LogP contribution < -0.4 is 0 Å². The van der Waals surface area contributed by atoms with Gasteiger partial charge in [-0.3, -0.25) is 0 Å². The Morgan fingerprint density at radius 1 is 0.444 bits per heavy atom. The molecule has 3 aromatic carbocycles. The third-order valence-corrected chi connectivity index (χ3v) is 16.0. The van der Waals surface area contributed by atoms with Gasteiger partial charge in [-0.2, -0.15) is 0 Å². The van der Waals surface area contributed by atoms with Gasteiger partial charge in [0.15, 0.2) is 0 Å². The zero-order chi connectivity index (χ0) is 23.3. The minimum atomic E-state index is 0.732. The molecule has 6 saturated carbocycles. The van der Waals surface area contributed by atoms with E-state index in [2.05, 4.69) is 56.1 Å².